The number of carbonyl (C=O) groups is 1. The largest absolute Gasteiger partial charge is 0.395 e. The molecule has 1 heterocycles. The van der Waals surface area contributed by atoms with Gasteiger partial charge in [0.1, 0.15) is 6.61 Å². The van der Waals surface area contributed by atoms with E-state index >= 15 is 0 Å². The highest BCUT2D eigenvalue weighted by Gasteiger charge is 2.22. The Morgan fingerprint density at radius 3 is 2.72 bits per heavy atom. The third kappa shape index (κ3) is 5.80. The molecule has 1 amide bonds. The van der Waals surface area contributed by atoms with E-state index in [0.717, 1.165) is 19.4 Å². The molecule has 1 fully saturated rings. The van der Waals surface area contributed by atoms with Crippen LogP contribution in [0.2, 0.25) is 0 Å². The fourth-order valence-corrected chi connectivity index (χ4v) is 1.99. The van der Waals surface area contributed by atoms with Crippen LogP contribution in [0.1, 0.15) is 33.6 Å². The number of amides is 1. The van der Waals surface area contributed by atoms with Crippen LogP contribution in [0.15, 0.2) is 0 Å². The van der Waals surface area contributed by atoms with Gasteiger partial charge in [-0.1, -0.05) is 0 Å². The van der Waals surface area contributed by atoms with Crippen molar-refractivity contribution >= 4 is 5.91 Å². The van der Waals surface area contributed by atoms with E-state index in [1.807, 2.05) is 20.8 Å². The highest BCUT2D eigenvalue weighted by atomic mass is 16.5. The minimum atomic E-state index is -0.313. The third-order valence-electron chi connectivity index (χ3n) is 2.95. The standard InChI is InChI=1S/C13H26N2O3/c1-13(2,3)18-10-12(17)15(7-8-16)9-11-5-4-6-14-11/h11,14,16H,4-10H2,1-3H3. The molecular weight excluding hydrogens is 232 g/mol. The molecular formula is C13H26N2O3. The summed E-state index contributed by atoms with van der Waals surface area (Å²) in [7, 11) is 0. The summed E-state index contributed by atoms with van der Waals surface area (Å²) >= 11 is 0. The van der Waals surface area contributed by atoms with Gasteiger partial charge in [0.25, 0.3) is 0 Å². The van der Waals surface area contributed by atoms with Gasteiger partial charge in [-0.15, -0.1) is 0 Å². The summed E-state index contributed by atoms with van der Waals surface area (Å²) in [5, 5.41) is 12.4. The summed E-state index contributed by atoms with van der Waals surface area (Å²) < 4.78 is 5.49. The van der Waals surface area contributed by atoms with E-state index < -0.39 is 0 Å². The Kier molecular flexibility index (Phi) is 6.05. The lowest BCUT2D eigenvalue weighted by Crippen LogP contribution is -2.44. The van der Waals surface area contributed by atoms with Crippen molar-refractivity contribution in [2.75, 3.05) is 32.8 Å². The Morgan fingerprint density at radius 2 is 2.22 bits per heavy atom. The van der Waals surface area contributed by atoms with Gasteiger partial charge in [0.05, 0.1) is 12.2 Å². The van der Waals surface area contributed by atoms with Crippen molar-refractivity contribution in [1.82, 2.24) is 10.2 Å². The van der Waals surface area contributed by atoms with Gasteiger partial charge < -0.3 is 20.1 Å². The minimum Gasteiger partial charge on any atom is -0.395 e. The topological polar surface area (TPSA) is 61.8 Å². The molecule has 1 rings (SSSR count). The van der Waals surface area contributed by atoms with Gasteiger partial charge in [0.2, 0.25) is 5.91 Å². The second kappa shape index (κ2) is 7.07. The zero-order valence-corrected chi connectivity index (χ0v) is 11.7. The van der Waals surface area contributed by atoms with Crippen molar-refractivity contribution in [1.29, 1.82) is 0 Å². The van der Waals surface area contributed by atoms with Gasteiger partial charge in [-0.25, -0.2) is 0 Å². The monoisotopic (exact) mass is 258 g/mol. The van der Waals surface area contributed by atoms with Crippen LogP contribution >= 0.6 is 0 Å². The van der Waals surface area contributed by atoms with Gasteiger partial charge in [0, 0.05) is 19.1 Å². The van der Waals surface area contributed by atoms with E-state index in [1.165, 1.54) is 0 Å². The molecule has 106 valence electrons. The molecule has 0 aromatic heterocycles. The van der Waals surface area contributed by atoms with Gasteiger partial charge >= 0.3 is 0 Å². The molecule has 0 bridgehead atoms. The number of rotatable bonds is 6. The van der Waals surface area contributed by atoms with Crippen molar-refractivity contribution in [3.63, 3.8) is 0 Å². The maximum atomic E-state index is 12.0. The number of nitrogens with one attached hydrogen (secondary N) is 1. The Morgan fingerprint density at radius 1 is 1.50 bits per heavy atom. The normalized spacial score (nSPS) is 20.1. The summed E-state index contributed by atoms with van der Waals surface area (Å²) in [6.07, 6.45) is 2.25. The molecule has 1 unspecified atom stereocenters. The van der Waals surface area contributed by atoms with Crippen molar-refractivity contribution in [2.45, 2.75) is 45.3 Å². The molecule has 0 aliphatic carbocycles. The Hall–Kier alpha value is -0.650. The molecule has 0 aromatic rings. The summed E-state index contributed by atoms with van der Waals surface area (Å²) in [4.78, 5) is 13.7. The lowest BCUT2D eigenvalue weighted by molar-refractivity contribution is -0.141. The Labute approximate surface area is 109 Å². The first-order valence-electron chi connectivity index (χ1n) is 6.68. The Balaban J connectivity index is 2.41. The van der Waals surface area contributed by atoms with Gasteiger partial charge in [-0.3, -0.25) is 4.79 Å². The van der Waals surface area contributed by atoms with Crippen molar-refractivity contribution in [2.24, 2.45) is 0 Å². The molecule has 18 heavy (non-hydrogen) atoms. The van der Waals surface area contributed by atoms with E-state index in [9.17, 15) is 4.79 Å². The lowest BCUT2D eigenvalue weighted by atomic mass is 10.2. The van der Waals surface area contributed by atoms with Gasteiger partial charge in [-0.2, -0.15) is 0 Å². The first-order chi connectivity index (χ1) is 8.42. The smallest absolute Gasteiger partial charge is 0.248 e. The molecule has 0 saturated carbocycles. The molecule has 5 heteroatoms. The van der Waals surface area contributed by atoms with Crippen LogP contribution in [0.25, 0.3) is 0 Å². The highest BCUT2D eigenvalue weighted by molar-refractivity contribution is 5.77. The molecule has 0 spiro atoms. The van der Waals surface area contributed by atoms with Gasteiger partial charge in [0.15, 0.2) is 0 Å². The van der Waals surface area contributed by atoms with Crippen molar-refractivity contribution < 1.29 is 14.6 Å². The third-order valence-corrected chi connectivity index (χ3v) is 2.95. The predicted octanol–water partition coefficient (Wildman–Crippen LogP) is 0.374. The first kappa shape index (κ1) is 15.4. The summed E-state index contributed by atoms with van der Waals surface area (Å²) in [6, 6.07) is 0.357. The summed E-state index contributed by atoms with van der Waals surface area (Å²) in [5.74, 6) is -0.0484. The van der Waals surface area contributed by atoms with Crippen LogP contribution in [0.4, 0.5) is 0 Å². The predicted molar refractivity (Wildman–Crippen MR) is 70.4 cm³/mol. The van der Waals surface area contributed by atoms with Crippen LogP contribution < -0.4 is 5.32 Å². The lowest BCUT2D eigenvalue weighted by Gasteiger charge is -2.27. The molecule has 1 aliphatic heterocycles. The number of ether oxygens (including phenoxy) is 1. The van der Waals surface area contributed by atoms with Crippen LogP contribution in [-0.4, -0.2) is 60.4 Å². The first-order valence-corrected chi connectivity index (χ1v) is 6.68. The maximum Gasteiger partial charge on any atom is 0.248 e. The second-order valence-electron chi connectivity index (χ2n) is 5.76. The second-order valence-corrected chi connectivity index (χ2v) is 5.76. The highest BCUT2D eigenvalue weighted by Crippen LogP contribution is 2.09. The number of hydrogen-bond acceptors (Lipinski definition) is 4. The quantitative estimate of drug-likeness (QED) is 0.723. The van der Waals surface area contributed by atoms with E-state index in [-0.39, 0.29) is 24.7 Å². The minimum absolute atomic E-state index is 0.00597. The van der Waals surface area contributed by atoms with E-state index in [4.69, 9.17) is 9.84 Å². The molecule has 1 aliphatic rings. The molecule has 5 nitrogen and oxygen atoms in total. The molecule has 2 N–H and O–H groups in total. The van der Waals surface area contributed by atoms with E-state index in [0.29, 0.717) is 19.1 Å². The van der Waals surface area contributed by atoms with Gasteiger partial charge in [-0.05, 0) is 40.2 Å². The fourth-order valence-electron chi connectivity index (χ4n) is 1.99. The molecule has 0 radical (unpaired) electrons. The van der Waals surface area contributed by atoms with Crippen molar-refractivity contribution in [3.8, 4) is 0 Å². The summed E-state index contributed by atoms with van der Waals surface area (Å²) in [5.41, 5.74) is -0.313. The number of aliphatic hydroxyl groups is 1. The SMILES string of the molecule is CC(C)(C)OCC(=O)N(CCO)CC1CCCN1. The zero-order chi connectivity index (χ0) is 13.6. The number of nitrogens with zero attached hydrogens (tertiary/aromatic N) is 1. The van der Waals surface area contributed by atoms with E-state index in [1.54, 1.807) is 4.90 Å². The average Bonchev–Trinajstić information content (AvgIpc) is 2.77. The maximum absolute atomic E-state index is 12.0. The zero-order valence-electron chi connectivity index (χ0n) is 11.7. The number of hydrogen-bond donors (Lipinski definition) is 2. The molecule has 0 aromatic carbocycles. The van der Waals surface area contributed by atoms with Crippen LogP contribution in [0.3, 0.4) is 0 Å². The molecule has 1 atom stereocenters. The Bertz CT molecular complexity index is 257. The number of carbonyl (C=O) groups excluding carboxylic acids is 1. The average molecular weight is 258 g/mol. The fraction of sp³-hybridized carbons (Fsp3) is 0.923. The van der Waals surface area contributed by atoms with E-state index in [2.05, 4.69) is 5.32 Å². The molecule has 1 saturated heterocycles. The van der Waals surface area contributed by atoms with Crippen LogP contribution in [0.5, 0.6) is 0 Å². The van der Waals surface area contributed by atoms with Crippen LogP contribution in [-0.2, 0) is 9.53 Å². The van der Waals surface area contributed by atoms with Crippen LogP contribution in [0, 0.1) is 0 Å². The summed E-state index contributed by atoms with van der Waals surface area (Å²) in [6.45, 7) is 7.91. The number of aliphatic hydroxyl groups excluding tert-OH is 1. The van der Waals surface area contributed by atoms with Crippen molar-refractivity contribution in [3.05, 3.63) is 0 Å².